The van der Waals surface area contributed by atoms with E-state index in [1.807, 2.05) is 33.2 Å². The van der Waals surface area contributed by atoms with Crippen molar-refractivity contribution >= 4 is 0 Å². The smallest absolute Gasteiger partial charge is 0.119 e. The van der Waals surface area contributed by atoms with Crippen LogP contribution in [0.25, 0.3) is 0 Å². The summed E-state index contributed by atoms with van der Waals surface area (Å²) in [6.45, 7) is 4.39. The third kappa shape index (κ3) is 5.00. The molecular weight excluding hydrogens is 274 g/mol. The van der Waals surface area contributed by atoms with Gasteiger partial charge in [0.2, 0.25) is 0 Å². The average Bonchev–Trinajstić information content (AvgIpc) is 2.54. The number of ether oxygens (including phenoxy) is 2. The summed E-state index contributed by atoms with van der Waals surface area (Å²) in [5, 5.41) is 0. The van der Waals surface area contributed by atoms with Crippen LogP contribution < -0.4 is 4.74 Å². The van der Waals surface area contributed by atoms with E-state index in [1.165, 1.54) is 11.1 Å². The van der Waals surface area contributed by atoms with E-state index in [-0.39, 0.29) is 6.10 Å². The molecular formula is C19H27NO2. The summed E-state index contributed by atoms with van der Waals surface area (Å²) in [6.07, 6.45) is 8.75. The van der Waals surface area contributed by atoms with Gasteiger partial charge < -0.3 is 14.4 Å². The first-order valence-electron chi connectivity index (χ1n) is 8.05. The van der Waals surface area contributed by atoms with Crippen molar-refractivity contribution < 1.29 is 9.47 Å². The summed E-state index contributed by atoms with van der Waals surface area (Å²) in [7, 11) is 4.09. The SMILES string of the molecule is CCOC(C1=CC=CCC1)c1ccc(OCCN(C)C)cc1. The summed E-state index contributed by atoms with van der Waals surface area (Å²) >= 11 is 0. The topological polar surface area (TPSA) is 21.7 Å². The molecule has 0 aromatic heterocycles. The zero-order valence-electron chi connectivity index (χ0n) is 13.9. The van der Waals surface area contributed by atoms with E-state index in [9.17, 15) is 0 Å². The summed E-state index contributed by atoms with van der Waals surface area (Å²) < 4.78 is 11.7. The molecule has 1 unspecified atom stereocenters. The summed E-state index contributed by atoms with van der Waals surface area (Å²) in [5.74, 6) is 0.915. The maximum atomic E-state index is 5.97. The fourth-order valence-electron chi connectivity index (χ4n) is 2.51. The molecule has 1 aliphatic rings. The third-order valence-corrected chi connectivity index (χ3v) is 3.71. The number of hydrogen-bond acceptors (Lipinski definition) is 3. The molecule has 0 fully saturated rings. The van der Waals surface area contributed by atoms with Gasteiger partial charge in [0.15, 0.2) is 0 Å². The average molecular weight is 301 g/mol. The van der Waals surface area contributed by atoms with Gasteiger partial charge in [-0.2, -0.15) is 0 Å². The van der Waals surface area contributed by atoms with Crippen LogP contribution in [0, 0.1) is 0 Å². The molecule has 0 N–H and O–H groups in total. The van der Waals surface area contributed by atoms with E-state index < -0.39 is 0 Å². The van der Waals surface area contributed by atoms with E-state index in [4.69, 9.17) is 9.47 Å². The normalized spacial score (nSPS) is 15.7. The number of likely N-dealkylation sites (N-methyl/N-ethyl adjacent to an activating group) is 1. The van der Waals surface area contributed by atoms with Gasteiger partial charge in [-0.15, -0.1) is 0 Å². The number of benzene rings is 1. The van der Waals surface area contributed by atoms with Crippen molar-refractivity contribution in [2.45, 2.75) is 25.9 Å². The molecule has 0 saturated carbocycles. The molecule has 0 amide bonds. The van der Waals surface area contributed by atoms with Gasteiger partial charge in [-0.3, -0.25) is 0 Å². The summed E-state index contributed by atoms with van der Waals surface area (Å²) in [6, 6.07) is 8.31. The van der Waals surface area contributed by atoms with E-state index in [1.54, 1.807) is 0 Å². The Labute approximate surface area is 134 Å². The lowest BCUT2D eigenvalue weighted by Gasteiger charge is -2.22. The molecule has 3 heteroatoms. The second-order valence-corrected chi connectivity index (χ2v) is 5.76. The van der Waals surface area contributed by atoms with Crippen LogP contribution in [-0.2, 0) is 4.74 Å². The van der Waals surface area contributed by atoms with Crippen LogP contribution in [0.4, 0.5) is 0 Å². The lowest BCUT2D eigenvalue weighted by atomic mass is 9.94. The Morgan fingerprint density at radius 2 is 1.95 bits per heavy atom. The van der Waals surface area contributed by atoms with Gasteiger partial charge in [-0.05, 0) is 57.1 Å². The van der Waals surface area contributed by atoms with Gasteiger partial charge >= 0.3 is 0 Å². The highest BCUT2D eigenvalue weighted by atomic mass is 16.5. The Hall–Kier alpha value is -1.58. The molecule has 1 aromatic carbocycles. The van der Waals surface area contributed by atoms with Gasteiger partial charge in [-0.25, -0.2) is 0 Å². The first-order chi connectivity index (χ1) is 10.7. The predicted octanol–water partition coefficient (Wildman–Crippen LogP) is 3.98. The van der Waals surface area contributed by atoms with Crippen molar-refractivity contribution in [3.63, 3.8) is 0 Å². The predicted molar refractivity (Wildman–Crippen MR) is 91.3 cm³/mol. The van der Waals surface area contributed by atoms with Crippen molar-refractivity contribution in [2.24, 2.45) is 0 Å². The van der Waals surface area contributed by atoms with Crippen LogP contribution in [-0.4, -0.2) is 38.8 Å². The van der Waals surface area contributed by atoms with E-state index in [2.05, 4.69) is 35.3 Å². The fraction of sp³-hybridized carbons (Fsp3) is 0.474. The molecule has 0 aliphatic heterocycles. The van der Waals surface area contributed by atoms with Crippen LogP contribution in [0.3, 0.4) is 0 Å². The minimum atomic E-state index is 0.0609. The standard InChI is InChI=1S/C19H27NO2/c1-4-21-19(16-8-6-5-7-9-16)17-10-12-18(13-11-17)22-15-14-20(2)3/h5-6,8,10-13,19H,4,7,9,14-15H2,1-3H3. The van der Waals surface area contributed by atoms with Gasteiger partial charge in [0.05, 0.1) is 0 Å². The van der Waals surface area contributed by atoms with E-state index in [0.717, 1.165) is 25.1 Å². The first-order valence-corrected chi connectivity index (χ1v) is 8.05. The second kappa shape index (κ2) is 8.76. The summed E-state index contributed by atoms with van der Waals surface area (Å²) in [4.78, 5) is 2.11. The van der Waals surface area contributed by atoms with Gasteiger partial charge in [-0.1, -0.05) is 30.4 Å². The van der Waals surface area contributed by atoms with Crippen LogP contribution in [0.5, 0.6) is 5.75 Å². The van der Waals surface area contributed by atoms with Crippen LogP contribution >= 0.6 is 0 Å². The highest BCUT2D eigenvalue weighted by Gasteiger charge is 2.17. The zero-order valence-corrected chi connectivity index (χ0v) is 13.9. The van der Waals surface area contributed by atoms with E-state index >= 15 is 0 Å². The Morgan fingerprint density at radius 3 is 2.55 bits per heavy atom. The molecule has 2 rings (SSSR count). The molecule has 0 bridgehead atoms. The molecule has 0 radical (unpaired) electrons. The molecule has 22 heavy (non-hydrogen) atoms. The Bertz CT molecular complexity index is 503. The quantitative estimate of drug-likeness (QED) is 0.725. The molecule has 0 spiro atoms. The highest BCUT2D eigenvalue weighted by molar-refractivity contribution is 5.34. The van der Waals surface area contributed by atoms with Crippen LogP contribution in [0.1, 0.15) is 31.4 Å². The van der Waals surface area contributed by atoms with Crippen molar-refractivity contribution in [3.8, 4) is 5.75 Å². The first kappa shape index (κ1) is 16.8. The molecule has 3 nitrogen and oxygen atoms in total. The molecule has 1 atom stereocenters. The lowest BCUT2D eigenvalue weighted by Crippen LogP contribution is -2.19. The van der Waals surface area contributed by atoms with Crippen molar-refractivity contribution in [2.75, 3.05) is 33.9 Å². The Morgan fingerprint density at radius 1 is 1.18 bits per heavy atom. The molecule has 0 heterocycles. The van der Waals surface area contributed by atoms with Crippen LogP contribution in [0.15, 0.2) is 48.1 Å². The third-order valence-electron chi connectivity index (χ3n) is 3.71. The van der Waals surface area contributed by atoms with Crippen molar-refractivity contribution in [3.05, 3.63) is 53.6 Å². The van der Waals surface area contributed by atoms with Gasteiger partial charge in [0.1, 0.15) is 18.5 Å². The maximum Gasteiger partial charge on any atom is 0.119 e. The molecule has 1 aliphatic carbocycles. The van der Waals surface area contributed by atoms with Crippen molar-refractivity contribution in [1.82, 2.24) is 4.90 Å². The fourth-order valence-corrected chi connectivity index (χ4v) is 2.51. The number of allylic oxidation sites excluding steroid dienone is 3. The monoisotopic (exact) mass is 301 g/mol. The van der Waals surface area contributed by atoms with Crippen LogP contribution in [0.2, 0.25) is 0 Å². The Kier molecular flexibility index (Phi) is 6.69. The highest BCUT2D eigenvalue weighted by Crippen LogP contribution is 2.31. The van der Waals surface area contributed by atoms with E-state index in [0.29, 0.717) is 13.2 Å². The van der Waals surface area contributed by atoms with Crippen molar-refractivity contribution in [1.29, 1.82) is 0 Å². The number of hydrogen-bond donors (Lipinski definition) is 0. The largest absolute Gasteiger partial charge is 0.492 e. The second-order valence-electron chi connectivity index (χ2n) is 5.76. The minimum absolute atomic E-state index is 0.0609. The lowest BCUT2D eigenvalue weighted by molar-refractivity contribution is 0.0858. The summed E-state index contributed by atoms with van der Waals surface area (Å²) in [5.41, 5.74) is 2.55. The van der Waals surface area contributed by atoms with Gasteiger partial charge in [0, 0.05) is 13.2 Å². The number of rotatable bonds is 8. The number of nitrogens with zero attached hydrogens (tertiary/aromatic N) is 1. The zero-order chi connectivity index (χ0) is 15.8. The molecule has 120 valence electrons. The van der Waals surface area contributed by atoms with Gasteiger partial charge in [0.25, 0.3) is 0 Å². The minimum Gasteiger partial charge on any atom is -0.492 e. The molecule has 0 saturated heterocycles. The molecule has 1 aromatic rings. The Balaban J connectivity index is 2.02. The maximum absolute atomic E-state index is 5.97.